The molecule has 2 N–H and O–H groups in total. The van der Waals surface area contributed by atoms with Gasteiger partial charge in [-0.05, 0) is 50.4 Å². The standard InChI is InChI=1S/C22H31N5O/c1-17-3-6-20(7-4-17)26-12-9-18(16-26)14-24-22(28)8-5-19-13-21-15-23-10-2-11-27(21)25-19/h3-4,6-7,13,18,23H,2,5,8-12,14-16H2,1H3,(H,24,28). The fourth-order valence-corrected chi connectivity index (χ4v) is 4.12. The number of fused-ring (bicyclic) bond motifs is 1. The van der Waals surface area contributed by atoms with Crippen LogP contribution >= 0.6 is 0 Å². The van der Waals surface area contributed by atoms with Gasteiger partial charge >= 0.3 is 0 Å². The van der Waals surface area contributed by atoms with E-state index in [1.807, 2.05) is 0 Å². The SMILES string of the molecule is Cc1ccc(N2CCC(CNC(=O)CCc3cc4n(n3)CCCNC4)C2)cc1. The molecule has 4 rings (SSSR count). The van der Waals surface area contributed by atoms with Crippen molar-refractivity contribution < 1.29 is 4.79 Å². The van der Waals surface area contributed by atoms with E-state index in [0.29, 0.717) is 18.8 Å². The maximum atomic E-state index is 12.3. The summed E-state index contributed by atoms with van der Waals surface area (Å²) in [6.07, 6.45) is 3.47. The number of aromatic nitrogens is 2. The first-order valence-electron chi connectivity index (χ1n) is 10.5. The number of hydrogen-bond acceptors (Lipinski definition) is 4. The van der Waals surface area contributed by atoms with E-state index >= 15 is 0 Å². The molecule has 1 fully saturated rings. The van der Waals surface area contributed by atoms with Crippen molar-refractivity contribution in [3.63, 3.8) is 0 Å². The molecule has 2 aliphatic heterocycles. The van der Waals surface area contributed by atoms with Crippen molar-refractivity contribution in [3.05, 3.63) is 47.3 Å². The quantitative estimate of drug-likeness (QED) is 0.806. The highest BCUT2D eigenvalue weighted by molar-refractivity contribution is 5.76. The molecule has 2 aliphatic rings. The summed E-state index contributed by atoms with van der Waals surface area (Å²) in [5.41, 5.74) is 4.83. The fraction of sp³-hybridized carbons (Fsp3) is 0.545. The Kier molecular flexibility index (Phi) is 5.95. The number of anilines is 1. The summed E-state index contributed by atoms with van der Waals surface area (Å²) in [5.74, 6) is 0.662. The summed E-state index contributed by atoms with van der Waals surface area (Å²) in [6.45, 7) is 7.85. The molecule has 0 spiro atoms. The molecule has 3 heterocycles. The van der Waals surface area contributed by atoms with Gasteiger partial charge in [0.2, 0.25) is 5.91 Å². The van der Waals surface area contributed by atoms with E-state index in [0.717, 1.165) is 57.8 Å². The third-order valence-electron chi connectivity index (χ3n) is 5.82. The zero-order chi connectivity index (χ0) is 19.3. The van der Waals surface area contributed by atoms with E-state index < -0.39 is 0 Å². The first-order chi connectivity index (χ1) is 13.7. The van der Waals surface area contributed by atoms with Gasteiger partial charge in [0, 0.05) is 51.3 Å². The third kappa shape index (κ3) is 4.73. The van der Waals surface area contributed by atoms with Gasteiger partial charge in [-0.1, -0.05) is 17.7 Å². The number of carbonyl (C=O) groups excluding carboxylic acids is 1. The molecule has 1 aromatic heterocycles. The van der Waals surface area contributed by atoms with Gasteiger partial charge in [-0.25, -0.2) is 0 Å². The fourth-order valence-electron chi connectivity index (χ4n) is 4.12. The molecule has 0 radical (unpaired) electrons. The predicted octanol–water partition coefficient (Wildman–Crippen LogP) is 2.26. The van der Waals surface area contributed by atoms with Gasteiger partial charge < -0.3 is 15.5 Å². The van der Waals surface area contributed by atoms with Crippen LogP contribution in [-0.4, -0.2) is 41.9 Å². The summed E-state index contributed by atoms with van der Waals surface area (Å²) in [7, 11) is 0. The highest BCUT2D eigenvalue weighted by Gasteiger charge is 2.23. The molecule has 1 atom stereocenters. The molecule has 150 valence electrons. The second-order valence-electron chi connectivity index (χ2n) is 8.12. The summed E-state index contributed by atoms with van der Waals surface area (Å²) in [6, 6.07) is 10.9. The average molecular weight is 382 g/mol. The monoisotopic (exact) mass is 381 g/mol. The van der Waals surface area contributed by atoms with E-state index in [1.54, 1.807) is 0 Å². The summed E-state index contributed by atoms with van der Waals surface area (Å²) < 4.78 is 2.09. The van der Waals surface area contributed by atoms with Gasteiger partial charge in [-0.2, -0.15) is 5.10 Å². The molecule has 0 bridgehead atoms. The molecule has 28 heavy (non-hydrogen) atoms. The number of nitrogens with one attached hydrogen (secondary N) is 2. The molecule has 0 saturated carbocycles. The van der Waals surface area contributed by atoms with Crippen LogP contribution in [0.2, 0.25) is 0 Å². The third-order valence-corrected chi connectivity index (χ3v) is 5.82. The number of nitrogens with zero attached hydrogens (tertiary/aromatic N) is 3. The van der Waals surface area contributed by atoms with Gasteiger partial charge in [0.05, 0.1) is 11.4 Å². The second-order valence-corrected chi connectivity index (χ2v) is 8.12. The number of hydrogen-bond donors (Lipinski definition) is 2. The summed E-state index contributed by atoms with van der Waals surface area (Å²) in [5, 5.41) is 11.2. The van der Waals surface area contributed by atoms with Gasteiger partial charge in [0.1, 0.15) is 0 Å². The van der Waals surface area contributed by atoms with E-state index in [4.69, 9.17) is 0 Å². The zero-order valence-corrected chi connectivity index (χ0v) is 16.8. The summed E-state index contributed by atoms with van der Waals surface area (Å²) in [4.78, 5) is 14.7. The number of aryl methyl sites for hydroxylation is 3. The Morgan fingerprint density at radius 2 is 2.14 bits per heavy atom. The van der Waals surface area contributed by atoms with Crippen LogP contribution in [0.25, 0.3) is 0 Å². The van der Waals surface area contributed by atoms with E-state index in [9.17, 15) is 4.79 Å². The number of benzene rings is 1. The van der Waals surface area contributed by atoms with Crippen LogP contribution in [-0.2, 0) is 24.3 Å². The van der Waals surface area contributed by atoms with Gasteiger partial charge in [0.15, 0.2) is 0 Å². The van der Waals surface area contributed by atoms with Gasteiger partial charge in [-0.15, -0.1) is 0 Å². The van der Waals surface area contributed by atoms with E-state index in [2.05, 4.69) is 62.6 Å². The largest absolute Gasteiger partial charge is 0.371 e. The smallest absolute Gasteiger partial charge is 0.220 e. The minimum atomic E-state index is 0.134. The van der Waals surface area contributed by atoms with Crippen molar-refractivity contribution in [2.24, 2.45) is 5.92 Å². The Morgan fingerprint density at radius 1 is 1.29 bits per heavy atom. The zero-order valence-electron chi connectivity index (χ0n) is 16.8. The lowest BCUT2D eigenvalue weighted by Crippen LogP contribution is -2.31. The Hall–Kier alpha value is -2.34. The van der Waals surface area contributed by atoms with E-state index in [-0.39, 0.29) is 5.91 Å². The molecule has 1 aromatic carbocycles. The van der Waals surface area contributed by atoms with Crippen LogP contribution in [0.1, 0.15) is 36.2 Å². The van der Waals surface area contributed by atoms with Crippen molar-refractivity contribution in [1.29, 1.82) is 0 Å². The van der Waals surface area contributed by atoms with Crippen molar-refractivity contribution >= 4 is 11.6 Å². The first-order valence-corrected chi connectivity index (χ1v) is 10.5. The van der Waals surface area contributed by atoms with Crippen LogP contribution in [0.15, 0.2) is 30.3 Å². The molecule has 1 amide bonds. The summed E-state index contributed by atoms with van der Waals surface area (Å²) >= 11 is 0. The lowest BCUT2D eigenvalue weighted by atomic mass is 10.1. The van der Waals surface area contributed by atoms with E-state index in [1.165, 1.54) is 16.9 Å². The lowest BCUT2D eigenvalue weighted by Gasteiger charge is -2.19. The molecule has 6 heteroatoms. The van der Waals surface area contributed by atoms with Crippen molar-refractivity contribution in [3.8, 4) is 0 Å². The normalized spacial score (nSPS) is 19.3. The van der Waals surface area contributed by atoms with Gasteiger partial charge in [0.25, 0.3) is 0 Å². The van der Waals surface area contributed by atoms with Crippen molar-refractivity contribution in [2.45, 2.75) is 45.7 Å². The Labute approximate surface area is 167 Å². The average Bonchev–Trinajstić information content (AvgIpc) is 3.27. The minimum Gasteiger partial charge on any atom is -0.371 e. The predicted molar refractivity (Wildman–Crippen MR) is 111 cm³/mol. The van der Waals surface area contributed by atoms with Crippen LogP contribution in [0.3, 0.4) is 0 Å². The first kappa shape index (κ1) is 19.0. The molecular weight excluding hydrogens is 350 g/mol. The van der Waals surface area contributed by atoms with Crippen molar-refractivity contribution in [1.82, 2.24) is 20.4 Å². The molecule has 1 unspecified atom stereocenters. The number of carbonyl (C=O) groups is 1. The Bertz CT molecular complexity index is 774. The molecule has 6 nitrogen and oxygen atoms in total. The molecule has 0 aliphatic carbocycles. The van der Waals surface area contributed by atoms with Crippen LogP contribution < -0.4 is 15.5 Å². The van der Waals surface area contributed by atoms with Crippen LogP contribution in [0, 0.1) is 12.8 Å². The number of amides is 1. The van der Waals surface area contributed by atoms with Crippen LogP contribution in [0.4, 0.5) is 5.69 Å². The highest BCUT2D eigenvalue weighted by atomic mass is 16.1. The Morgan fingerprint density at radius 3 is 3.00 bits per heavy atom. The highest BCUT2D eigenvalue weighted by Crippen LogP contribution is 2.23. The molecule has 2 aromatic rings. The van der Waals surface area contributed by atoms with Crippen LogP contribution in [0.5, 0.6) is 0 Å². The van der Waals surface area contributed by atoms with Crippen molar-refractivity contribution in [2.75, 3.05) is 31.1 Å². The second kappa shape index (κ2) is 8.78. The maximum absolute atomic E-state index is 12.3. The number of rotatable bonds is 6. The molecule has 1 saturated heterocycles. The van der Waals surface area contributed by atoms with Gasteiger partial charge in [-0.3, -0.25) is 9.48 Å². The molecular formula is C22H31N5O. The maximum Gasteiger partial charge on any atom is 0.220 e. The topological polar surface area (TPSA) is 62.2 Å². The Balaban J connectivity index is 1.19. The minimum absolute atomic E-state index is 0.134. The lowest BCUT2D eigenvalue weighted by molar-refractivity contribution is -0.121.